The van der Waals surface area contributed by atoms with Crippen LogP contribution in [-0.4, -0.2) is 36.4 Å². The Balaban J connectivity index is 2.15. The van der Waals surface area contributed by atoms with E-state index in [1.54, 1.807) is 38.2 Å². The Morgan fingerprint density at radius 2 is 1.96 bits per heavy atom. The Morgan fingerprint density at radius 1 is 1.23 bits per heavy atom. The first-order chi connectivity index (χ1) is 12.4. The summed E-state index contributed by atoms with van der Waals surface area (Å²) in [4.78, 5) is 26.3. The molecular weight excluding hydrogens is 420 g/mol. The zero-order valence-corrected chi connectivity index (χ0v) is 16.9. The van der Waals surface area contributed by atoms with Crippen molar-refractivity contribution in [2.75, 3.05) is 13.7 Å². The average molecular weight is 440 g/mol. The van der Waals surface area contributed by atoms with Gasteiger partial charge in [-0.05, 0) is 36.8 Å². The van der Waals surface area contributed by atoms with Crippen LogP contribution in [0, 0.1) is 0 Å². The van der Waals surface area contributed by atoms with Crippen molar-refractivity contribution in [1.82, 2.24) is 10.2 Å². The molecule has 0 heterocycles. The van der Waals surface area contributed by atoms with Crippen LogP contribution in [0.25, 0.3) is 0 Å². The number of carbonyl (C=O) groups is 2. The summed E-state index contributed by atoms with van der Waals surface area (Å²) < 4.78 is 6.45. The number of para-hydroxylation sites is 1. The van der Waals surface area contributed by atoms with Crippen molar-refractivity contribution >= 4 is 39.3 Å². The van der Waals surface area contributed by atoms with Gasteiger partial charge in [0.1, 0.15) is 11.8 Å². The number of ether oxygens (including phenoxy) is 1. The third-order valence-corrected chi connectivity index (χ3v) is 4.65. The fourth-order valence-electron chi connectivity index (χ4n) is 2.41. The molecule has 0 radical (unpaired) electrons. The SMILES string of the molecule is CNC(=O)[C@H](C)N(Cc1cccc(Br)c1)C(=O)COc1ccccc1Cl. The topological polar surface area (TPSA) is 58.6 Å². The van der Waals surface area contributed by atoms with E-state index in [0.717, 1.165) is 10.0 Å². The maximum atomic E-state index is 12.7. The van der Waals surface area contributed by atoms with Crippen LogP contribution in [0.5, 0.6) is 5.75 Å². The van der Waals surface area contributed by atoms with Gasteiger partial charge in [0, 0.05) is 18.1 Å². The lowest BCUT2D eigenvalue weighted by Gasteiger charge is -2.28. The van der Waals surface area contributed by atoms with Crippen molar-refractivity contribution in [3.63, 3.8) is 0 Å². The van der Waals surface area contributed by atoms with Crippen molar-refractivity contribution in [3.8, 4) is 5.75 Å². The van der Waals surface area contributed by atoms with Crippen LogP contribution < -0.4 is 10.1 Å². The van der Waals surface area contributed by atoms with E-state index in [2.05, 4.69) is 21.2 Å². The molecule has 0 saturated carbocycles. The van der Waals surface area contributed by atoms with Crippen molar-refractivity contribution in [2.45, 2.75) is 19.5 Å². The summed E-state index contributed by atoms with van der Waals surface area (Å²) in [5.41, 5.74) is 0.904. The molecule has 0 aliphatic carbocycles. The predicted octanol–water partition coefficient (Wildman–Crippen LogP) is 3.64. The maximum absolute atomic E-state index is 12.7. The fourth-order valence-corrected chi connectivity index (χ4v) is 3.04. The van der Waals surface area contributed by atoms with Gasteiger partial charge < -0.3 is 15.0 Å². The molecule has 1 N–H and O–H groups in total. The maximum Gasteiger partial charge on any atom is 0.261 e. The van der Waals surface area contributed by atoms with Crippen LogP contribution >= 0.6 is 27.5 Å². The molecule has 0 unspecified atom stereocenters. The first-order valence-electron chi connectivity index (χ1n) is 8.05. The lowest BCUT2D eigenvalue weighted by atomic mass is 10.1. The first kappa shape index (κ1) is 20.3. The van der Waals surface area contributed by atoms with E-state index in [-0.39, 0.29) is 18.4 Å². The monoisotopic (exact) mass is 438 g/mol. The number of likely N-dealkylation sites (N-methyl/N-ethyl adjacent to an activating group) is 1. The number of halogens is 2. The second-order valence-corrected chi connectivity index (χ2v) is 6.98. The number of amides is 2. The van der Waals surface area contributed by atoms with Crippen molar-refractivity contribution in [3.05, 3.63) is 63.6 Å². The lowest BCUT2D eigenvalue weighted by molar-refractivity contribution is -0.142. The Hall–Kier alpha value is -2.05. The van der Waals surface area contributed by atoms with E-state index in [1.165, 1.54) is 4.90 Å². The Bertz CT molecular complexity index is 785. The molecule has 7 heteroatoms. The zero-order valence-electron chi connectivity index (χ0n) is 14.5. The number of benzene rings is 2. The average Bonchev–Trinajstić information content (AvgIpc) is 2.64. The summed E-state index contributed by atoms with van der Waals surface area (Å²) in [6.45, 7) is 1.77. The van der Waals surface area contributed by atoms with Crippen molar-refractivity contribution in [1.29, 1.82) is 0 Å². The minimum Gasteiger partial charge on any atom is -0.482 e. The van der Waals surface area contributed by atoms with Gasteiger partial charge in [0.25, 0.3) is 5.91 Å². The molecule has 0 aromatic heterocycles. The molecule has 0 aliphatic heterocycles. The molecule has 5 nitrogen and oxygen atoms in total. The van der Waals surface area contributed by atoms with Crippen LogP contribution in [-0.2, 0) is 16.1 Å². The quantitative estimate of drug-likeness (QED) is 0.716. The van der Waals surface area contributed by atoms with E-state index in [4.69, 9.17) is 16.3 Å². The Morgan fingerprint density at radius 3 is 2.62 bits per heavy atom. The van der Waals surface area contributed by atoms with E-state index < -0.39 is 6.04 Å². The molecule has 0 spiro atoms. The molecule has 0 aliphatic rings. The third-order valence-electron chi connectivity index (χ3n) is 3.84. The van der Waals surface area contributed by atoms with Gasteiger partial charge in [-0.15, -0.1) is 0 Å². The van der Waals surface area contributed by atoms with Gasteiger partial charge in [-0.1, -0.05) is 51.8 Å². The molecule has 0 bridgehead atoms. The van der Waals surface area contributed by atoms with Gasteiger partial charge in [-0.25, -0.2) is 0 Å². The van der Waals surface area contributed by atoms with Gasteiger partial charge in [0.2, 0.25) is 5.91 Å². The molecule has 0 saturated heterocycles. The molecule has 2 aromatic rings. The smallest absolute Gasteiger partial charge is 0.261 e. The van der Waals surface area contributed by atoms with Gasteiger partial charge in [-0.2, -0.15) is 0 Å². The zero-order chi connectivity index (χ0) is 19.1. The van der Waals surface area contributed by atoms with Crippen LogP contribution in [0.2, 0.25) is 5.02 Å². The standard InChI is InChI=1S/C19H20BrClN2O3/c1-13(19(25)22-2)23(11-14-6-5-7-15(20)10-14)18(24)12-26-17-9-4-3-8-16(17)21/h3-10,13H,11-12H2,1-2H3,(H,22,25)/t13-/m0/s1. The number of nitrogens with one attached hydrogen (secondary N) is 1. The highest BCUT2D eigenvalue weighted by Crippen LogP contribution is 2.23. The second kappa shape index (κ2) is 9.59. The summed E-state index contributed by atoms with van der Waals surface area (Å²) in [5, 5.41) is 3.01. The summed E-state index contributed by atoms with van der Waals surface area (Å²) in [5.74, 6) is -0.121. The number of nitrogens with zero attached hydrogens (tertiary/aromatic N) is 1. The second-order valence-electron chi connectivity index (χ2n) is 5.66. The highest BCUT2D eigenvalue weighted by atomic mass is 79.9. The lowest BCUT2D eigenvalue weighted by Crippen LogP contribution is -2.48. The highest BCUT2D eigenvalue weighted by molar-refractivity contribution is 9.10. The predicted molar refractivity (Wildman–Crippen MR) is 105 cm³/mol. The van der Waals surface area contributed by atoms with Crippen molar-refractivity contribution < 1.29 is 14.3 Å². The minimum atomic E-state index is -0.638. The van der Waals surface area contributed by atoms with Gasteiger partial charge in [0.05, 0.1) is 5.02 Å². The van der Waals surface area contributed by atoms with E-state index in [1.807, 2.05) is 24.3 Å². The van der Waals surface area contributed by atoms with Crippen LogP contribution in [0.3, 0.4) is 0 Å². The van der Waals surface area contributed by atoms with Gasteiger partial charge >= 0.3 is 0 Å². The van der Waals surface area contributed by atoms with E-state index in [9.17, 15) is 9.59 Å². The number of rotatable bonds is 7. The van der Waals surface area contributed by atoms with Gasteiger partial charge in [0.15, 0.2) is 6.61 Å². The summed E-state index contributed by atoms with van der Waals surface area (Å²) in [6.07, 6.45) is 0. The van der Waals surface area contributed by atoms with Crippen LogP contribution in [0.1, 0.15) is 12.5 Å². The van der Waals surface area contributed by atoms with Gasteiger partial charge in [-0.3, -0.25) is 9.59 Å². The minimum absolute atomic E-state index is 0.209. The molecule has 2 amide bonds. The number of hydrogen-bond acceptors (Lipinski definition) is 3. The molecule has 1 atom stereocenters. The van der Waals surface area contributed by atoms with Crippen molar-refractivity contribution in [2.24, 2.45) is 0 Å². The number of carbonyl (C=O) groups excluding carboxylic acids is 2. The van der Waals surface area contributed by atoms with Crippen LogP contribution in [0.15, 0.2) is 53.0 Å². The molecule has 138 valence electrons. The largest absolute Gasteiger partial charge is 0.482 e. The summed E-state index contributed by atoms with van der Waals surface area (Å²) >= 11 is 9.47. The fraction of sp³-hybridized carbons (Fsp3) is 0.263. The Kier molecular flexibility index (Phi) is 7.48. The molecular formula is C19H20BrClN2O3. The van der Waals surface area contributed by atoms with E-state index >= 15 is 0 Å². The first-order valence-corrected chi connectivity index (χ1v) is 9.22. The third kappa shape index (κ3) is 5.47. The Labute approximate surface area is 166 Å². The molecule has 26 heavy (non-hydrogen) atoms. The van der Waals surface area contributed by atoms with Crippen LogP contribution in [0.4, 0.5) is 0 Å². The molecule has 2 rings (SSSR count). The molecule has 0 fully saturated rings. The normalized spacial score (nSPS) is 11.5. The highest BCUT2D eigenvalue weighted by Gasteiger charge is 2.26. The summed E-state index contributed by atoms with van der Waals surface area (Å²) in [6, 6.07) is 13.9. The number of hydrogen-bond donors (Lipinski definition) is 1. The summed E-state index contributed by atoms with van der Waals surface area (Å²) in [7, 11) is 1.54. The van der Waals surface area contributed by atoms with E-state index in [0.29, 0.717) is 17.3 Å². The molecule has 2 aromatic carbocycles.